The van der Waals surface area contributed by atoms with Gasteiger partial charge in [-0.15, -0.1) is 0 Å². The van der Waals surface area contributed by atoms with Gasteiger partial charge in [0.25, 0.3) is 0 Å². The van der Waals surface area contributed by atoms with Gasteiger partial charge in [0.2, 0.25) is 5.91 Å². The molecule has 2 aromatic carbocycles. The molecule has 0 aromatic heterocycles. The van der Waals surface area contributed by atoms with E-state index in [1.165, 1.54) is 11.1 Å². The summed E-state index contributed by atoms with van der Waals surface area (Å²) in [6.07, 6.45) is 3.52. The summed E-state index contributed by atoms with van der Waals surface area (Å²) in [6.45, 7) is 6.81. The fourth-order valence-electron chi connectivity index (χ4n) is 4.77. The van der Waals surface area contributed by atoms with Crippen LogP contribution in [0.3, 0.4) is 0 Å². The van der Waals surface area contributed by atoms with Crippen LogP contribution in [0.25, 0.3) is 0 Å². The highest BCUT2D eigenvalue weighted by Gasteiger charge is 2.34. The molecule has 0 N–H and O–H groups in total. The number of rotatable bonds is 7. The van der Waals surface area contributed by atoms with Crippen molar-refractivity contribution in [2.24, 2.45) is 0 Å². The first-order chi connectivity index (χ1) is 14.6. The molecule has 1 amide bonds. The number of hydrogen-bond acceptors (Lipinski definition) is 4. The summed E-state index contributed by atoms with van der Waals surface area (Å²) < 4.78 is 5.79. The molecule has 0 saturated carbocycles. The lowest BCUT2D eigenvalue weighted by Gasteiger charge is -2.23. The minimum absolute atomic E-state index is 0.195. The maximum absolute atomic E-state index is 12.0. The van der Waals surface area contributed by atoms with Gasteiger partial charge < -0.3 is 14.4 Å². The van der Waals surface area contributed by atoms with Crippen LogP contribution >= 0.6 is 0 Å². The highest BCUT2D eigenvalue weighted by molar-refractivity contribution is 5.95. The number of aldehydes is 1. The fraction of sp³-hybridized carbons (Fsp3) is 0.440. The Balaban J connectivity index is 1.55. The first-order valence-corrected chi connectivity index (χ1v) is 10.9. The molecule has 5 nitrogen and oxygen atoms in total. The Hall–Kier alpha value is -2.66. The average Bonchev–Trinajstić information content (AvgIpc) is 3.37. The van der Waals surface area contributed by atoms with Crippen LogP contribution in [0, 0.1) is 6.92 Å². The van der Waals surface area contributed by atoms with Crippen molar-refractivity contribution in [1.29, 1.82) is 0 Å². The number of hydrogen-bond donors (Lipinski definition) is 0. The van der Waals surface area contributed by atoms with Gasteiger partial charge in [0, 0.05) is 31.2 Å². The molecule has 2 aliphatic heterocycles. The van der Waals surface area contributed by atoms with E-state index in [9.17, 15) is 9.59 Å². The lowest BCUT2D eigenvalue weighted by Crippen LogP contribution is -2.26. The summed E-state index contributed by atoms with van der Waals surface area (Å²) >= 11 is 0. The van der Waals surface area contributed by atoms with Crippen molar-refractivity contribution in [3.05, 3.63) is 59.2 Å². The second-order valence-electron chi connectivity index (χ2n) is 8.27. The maximum Gasteiger partial charge on any atom is 0.227 e. The molecule has 4 rings (SSSR count). The van der Waals surface area contributed by atoms with E-state index in [0.29, 0.717) is 25.5 Å². The molecule has 2 fully saturated rings. The second kappa shape index (κ2) is 9.00. The van der Waals surface area contributed by atoms with Crippen molar-refractivity contribution in [2.75, 3.05) is 31.1 Å². The number of ether oxygens (including phenoxy) is 1. The van der Waals surface area contributed by atoms with Crippen LogP contribution < -0.4 is 9.64 Å². The van der Waals surface area contributed by atoms with Crippen LogP contribution in [0.1, 0.15) is 54.8 Å². The molecule has 2 atom stereocenters. The Morgan fingerprint density at radius 3 is 2.57 bits per heavy atom. The molecular formula is C25H30N2O3. The summed E-state index contributed by atoms with van der Waals surface area (Å²) in [5.41, 5.74) is 4.58. The monoisotopic (exact) mass is 406 g/mol. The predicted octanol–water partition coefficient (Wildman–Crippen LogP) is 4.25. The van der Waals surface area contributed by atoms with Gasteiger partial charge in [0.15, 0.2) is 0 Å². The zero-order valence-electron chi connectivity index (χ0n) is 17.8. The molecule has 2 heterocycles. The van der Waals surface area contributed by atoms with Gasteiger partial charge in [-0.1, -0.05) is 24.3 Å². The number of carbonyl (C=O) groups is 2. The summed E-state index contributed by atoms with van der Waals surface area (Å²) in [5.74, 6) is 1.50. The lowest BCUT2D eigenvalue weighted by molar-refractivity contribution is -0.117. The Bertz CT molecular complexity index is 909. The van der Waals surface area contributed by atoms with Crippen molar-refractivity contribution >= 4 is 17.9 Å². The highest BCUT2D eigenvalue weighted by atomic mass is 16.5. The van der Waals surface area contributed by atoms with Crippen LogP contribution in [-0.4, -0.2) is 43.3 Å². The van der Waals surface area contributed by atoms with Crippen LogP contribution in [0.15, 0.2) is 42.5 Å². The van der Waals surface area contributed by atoms with Crippen molar-refractivity contribution in [1.82, 2.24) is 4.90 Å². The van der Waals surface area contributed by atoms with Gasteiger partial charge in [0.1, 0.15) is 12.0 Å². The molecule has 0 bridgehead atoms. The van der Waals surface area contributed by atoms with Gasteiger partial charge in [0.05, 0.1) is 13.2 Å². The van der Waals surface area contributed by atoms with Crippen molar-refractivity contribution in [3.8, 4) is 5.75 Å². The van der Waals surface area contributed by atoms with Gasteiger partial charge in [-0.2, -0.15) is 0 Å². The fourth-order valence-corrected chi connectivity index (χ4v) is 4.77. The van der Waals surface area contributed by atoms with Crippen LogP contribution in [0.2, 0.25) is 0 Å². The molecule has 0 radical (unpaired) electrons. The molecule has 158 valence electrons. The quantitative estimate of drug-likeness (QED) is 0.645. The van der Waals surface area contributed by atoms with E-state index in [1.54, 1.807) is 0 Å². The zero-order chi connectivity index (χ0) is 21.1. The number of nitrogens with zero attached hydrogens (tertiary/aromatic N) is 2. The van der Waals surface area contributed by atoms with Gasteiger partial charge in [-0.05, 0) is 67.5 Å². The first-order valence-electron chi connectivity index (χ1n) is 10.9. The number of amides is 1. The van der Waals surface area contributed by atoms with E-state index in [4.69, 9.17) is 4.74 Å². The number of benzene rings is 2. The number of carbonyl (C=O) groups excluding carboxylic acids is 2. The molecule has 0 spiro atoms. The summed E-state index contributed by atoms with van der Waals surface area (Å²) in [7, 11) is 0. The van der Waals surface area contributed by atoms with E-state index in [0.717, 1.165) is 49.2 Å². The van der Waals surface area contributed by atoms with E-state index in [2.05, 4.69) is 42.2 Å². The summed E-state index contributed by atoms with van der Waals surface area (Å²) in [4.78, 5) is 27.5. The maximum atomic E-state index is 12.0. The SMILES string of the molecule is CCOc1cc([C@@H]2CC(c3ccc(N4CCCC4=O)cc3)N(CC=O)C2)ccc1C. The second-order valence-corrected chi connectivity index (χ2v) is 8.27. The topological polar surface area (TPSA) is 49.9 Å². The average molecular weight is 407 g/mol. The summed E-state index contributed by atoms with van der Waals surface area (Å²) in [5, 5.41) is 0. The van der Waals surface area contributed by atoms with Crippen LogP contribution in [0.5, 0.6) is 5.75 Å². The van der Waals surface area contributed by atoms with E-state index >= 15 is 0 Å². The third-order valence-electron chi connectivity index (χ3n) is 6.36. The minimum Gasteiger partial charge on any atom is -0.494 e. The zero-order valence-corrected chi connectivity index (χ0v) is 17.8. The predicted molar refractivity (Wildman–Crippen MR) is 118 cm³/mol. The Morgan fingerprint density at radius 1 is 1.13 bits per heavy atom. The van der Waals surface area contributed by atoms with Crippen molar-refractivity contribution in [2.45, 2.75) is 45.1 Å². The molecule has 5 heteroatoms. The Kier molecular flexibility index (Phi) is 6.18. The first kappa shape index (κ1) is 20.6. The third-order valence-corrected chi connectivity index (χ3v) is 6.36. The third kappa shape index (κ3) is 4.12. The van der Waals surface area contributed by atoms with E-state index < -0.39 is 0 Å². The lowest BCUT2D eigenvalue weighted by atomic mass is 9.93. The van der Waals surface area contributed by atoms with Crippen molar-refractivity contribution in [3.63, 3.8) is 0 Å². The normalized spacial score (nSPS) is 21.9. The van der Waals surface area contributed by atoms with Crippen LogP contribution in [-0.2, 0) is 9.59 Å². The smallest absolute Gasteiger partial charge is 0.227 e. The largest absolute Gasteiger partial charge is 0.494 e. The Labute approximate surface area is 178 Å². The van der Waals surface area contributed by atoms with Gasteiger partial charge >= 0.3 is 0 Å². The van der Waals surface area contributed by atoms with Crippen molar-refractivity contribution < 1.29 is 14.3 Å². The molecule has 30 heavy (non-hydrogen) atoms. The number of likely N-dealkylation sites (tertiary alicyclic amines) is 1. The number of anilines is 1. The number of aryl methyl sites for hydroxylation is 1. The minimum atomic E-state index is 0.195. The standard InChI is InChI=1S/C25H30N2O3/c1-3-30-24-16-20(7-6-18(24)2)21-15-23(26(17-21)13-14-28)19-8-10-22(11-9-19)27-12-4-5-25(27)29/h6-11,14,16,21,23H,3-5,12-13,15,17H2,1-2H3/t21-,23?/m1/s1. The van der Waals surface area contributed by atoms with Gasteiger partial charge in [-0.3, -0.25) is 9.69 Å². The van der Waals surface area contributed by atoms with E-state index in [1.807, 2.05) is 24.0 Å². The highest BCUT2D eigenvalue weighted by Crippen LogP contribution is 2.41. The Morgan fingerprint density at radius 2 is 1.90 bits per heavy atom. The van der Waals surface area contributed by atoms with Crippen LogP contribution in [0.4, 0.5) is 5.69 Å². The molecule has 2 aliphatic rings. The molecule has 2 aromatic rings. The molecule has 0 aliphatic carbocycles. The van der Waals surface area contributed by atoms with E-state index in [-0.39, 0.29) is 11.9 Å². The molecule has 1 unspecified atom stereocenters. The molecular weight excluding hydrogens is 376 g/mol. The van der Waals surface area contributed by atoms with Gasteiger partial charge in [-0.25, -0.2) is 0 Å². The molecule has 2 saturated heterocycles. The summed E-state index contributed by atoms with van der Waals surface area (Å²) in [6, 6.07) is 15.0.